The van der Waals surface area contributed by atoms with Gasteiger partial charge < -0.3 is 15.2 Å². The number of nitrogens with two attached hydrogens (primary N) is 1. The largest absolute Gasteiger partial charge is 0.486 e. The maximum atomic E-state index is 7.31. The first-order chi connectivity index (χ1) is 6.68. The summed E-state index contributed by atoms with van der Waals surface area (Å²) in [5, 5.41) is 7.31. The smallest absolute Gasteiger partial charge is 0.175 e. The Morgan fingerprint density at radius 3 is 2.79 bits per heavy atom. The van der Waals surface area contributed by atoms with Crippen molar-refractivity contribution < 1.29 is 9.47 Å². The number of halogens is 1. The van der Waals surface area contributed by atoms with Crippen LogP contribution in [-0.2, 0) is 0 Å². The molecular weight excluding hydrogens is 248 g/mol. The fraction of sp³-hybridized carbons (Fsp3) is 0.222. The van der Waals surface area contributed by atoms with Crippen LogP contribution in [0.5, 0.6) is 11.5 Å². The monoisotopic (exact) mass is 256 g/mol. The second kappa shape index (κ2) is 3.49. The van der Waals surface area contributed by atoms with E-state index in [0.717, 1.165) is 4.47 Å². The summed E-state index contributed by atoms with van der Waals surface area (Å²) in [7, 11) is 0. The van der Waals surface area contributed by atoms with Crippen molar-refractivity contribution in [3.8, 4) is 11.5 Å². The van der Waals surface area contributed by atoms with Crippen LogP contribution in [0.4, 0.5) is 0 Å². The standard InChI is InChI=1S/C9H9BrN2O2/c10-6-3-5(9(11)12)4-7-8(6)14-2-1-13-7/h3-4H,1-2H2,(H3,11,12). The lowest BCUT2D eigenvalue weighted by Gasteiger charge is -2.20. The molecule has 1 aliphatic heterocycles. The second-order valence-electron chi connectivity index (χ2n) is 2.90. The molecule has 4 nitrogen and oxygen atoms in total. The minimum Gasteiger partial charge on any atom is -0.486 e. The fourth-order valence-electron chi connectivity index (χ4n) is 1.27. The summed E-state index contributed by atoms with van der Waals surface area (Å²) in [6.45, 7) is 1.08. The molecule has 3 N–H and O–H groups in total. The number of nitrogens with one attached hydrogen (secondary N) is 1. The van der Waals surface area contributed by atoms with Crippen LogP contribution < -0.4 is 15.2 Å². The Hall–Kier alpha value is -1.23. The highest BCUT2D eigenvalue weighted by Gasteiger charge is 2.16. The third-order valence-corrected chi connectivity index (χ3v) is 2.50. The molecule has 0 fully saturated rings. The van der Waals surface area contributed by atoms with Crippen molar-refractivity contribution in [3.63, 3.8) is 0 Å². The van der Waals surface area contributed by atoms with E-state index in [1.54, 1.807) is 12.1 Å². The molecule has 1 heterocycles. The Labute approximate surface area is 89.6 Å². The summed E-state index contributed by atoms with van der Waals surface area (Å²) in [6, 6.07) is 3.46. The van der Waals surface area contributed by atoms with Crippen molar-refractivity contribution in [2.45, 2.75) is 0 Å². The van der Waals surface area contributed by atoms with Gasteiger partial charge >= 0.3 is 0 Å². The van der Waals surface area contributed by atoms with Gasteiger partial charge in [0.05, 0.1) is 4.47 Å². The minimum atomic E-state index is 0.0164. The normalized spacial score (nSPS) is 13.8. The van der Waals surface area contributed by atoms with E-state index in [9.17, 15) is 0 Å². The molecule has 0 saturated carbocycles. The van der Waals surface area contributed by atoms with E-state index < -0.39 is 0 Å². The van der Waals surface area contributed by atoms with Crippen LogP contribution in [0, 0.1) is 5.41 Å². The number of hydrogen-bond donors (Lipinski definition) is 2. The third-order valence-electron chi connectivity index (χ3n) is 1.91. The second-order valence-corrected chi connectivity index (χ2v) is 3.75. The summed E-state index contributed by atoms with van der Waals surface area (Å²) in [5.41, 5.74) is 6.01. The molecule has 0 unspecified atom stereocenters. The van der Waals surface area contributed by atoms with Crippen LogP contribution in [-0.4, -0.2) is 19.0 Å². The fourth-order valence-corrected chi connectivity index (χ4v) is 1.82. The first-order valence-corrected chi connectivity index (χ1v) is 4.91. The molecule has 0 atom stereocenters. The van der Waals surface area contributed by atoms with Gasteiger partial charge in [0.1, 0.15) is 19.0 Å². The lowest BCUT2D eigenvalue weighted by Crippen LogP contribution is -2.17. The third kappa shape index (κ3) is 1.55. The highest BCUT2D eigenvalue weighted by molar-refractivity contribution is 9.10. The lowest BCUT2D eigenvalue weighted by atomic mass is 10.2. The van der Waals surface area contributed by atoms with Crippen LogP contribution >= 0.6 is 15.9 Å². The molecule has 1 aromatic rings. The van der Waals surface area contributed by atoms with Crippen molar-refractivity contribution in [1.82, 2.24) is 0 Å². The van der Waals surface area contributed by atoms with Crippen molar-refractivity contribution >= 4 is 21.8 Å². The van der Waals surface area contributed by atoms with E-state index in [1.807, 2.05) is 0 Å². The maximum Gasteiger partial charge on any atom is 0.175 e. The first-order valence-electron chi connectivity index (χ1n) is 4.12. The molecule has 0 saturated heterocycles. The molecule has 2 rings (SSSR count). The maximum absolute atomic E-state index is 7.31. The lowest BCUT2D eigenvalue weighted by molar-refractivity contribution is 0.170. The number of rotatable bonds is 1. The Morgan fingerprint density at radius 1 is 1.36 bits per heavy atom. The van der Waals surface area contributed by atoms with Gasteiger partial charge in [0.2, 0.25) is 0 Å². The van der Waals surface area contributed by atoms with Crippen molar-refractivity contribution in [2.75, 3.05) is 13.2 Å². The quantitative estimate of drug-likeness (QED) is 0.591. The van der Waals surface area contributed by atoms with Gasteiger partial charge in [-0.05, 0) is 28.1 Å². The average Bonchev–Trinajstić information content (AvgIpc) is 2.17. The van der Waals surface area contributed by atoms with E-state index in [1.165, 1.54) is 0 Å². The van der Waals surface area contributed by atoms with Crippen LogP contribution in [0.1, 0.15) is 5.56 Å². The highest BCUT2D eigenvalue weighted by atomic mass is 79.9. The van der Waals surface area contributed by atoms with Crippen molar-refractivity contribution in [1.29, 1.82) is 5.41 Å². The Kier molecular flexibility index (Phi) is 2.33. The molecule has 14 heavy (non-hydrogen) atoms. The molecule has 0 spiro atoms. The highest BCUT2D eigenvalue weighted by Crippen LogP contribution is 2.38. The minimum absolute atomic E-state index is 0.0164. The summed E-state index contributed by atoms with van der Waals surface area (Å²) in [4.78, 5) is 0. The van der Waals surface area contributed by atoms with Gasteiger partial charge in [-0.1, -0.05) is 0 Å². The molecule has 1 aliphatic rings. The number of fused-ring (bicyclic) bond motifs is 1. The molecule has 5 heteroatoms. The molecule has 0 aliphatic carbocycles. The summed E-state index contributed by atoms with van der Waals surface area (Å²) >= 11 is 3.34. The number of nitrogen functional groups attached to an aromatic ring is 1. The number of amidine groups is 1. The van der Waals surface area contributed by atoms with Gasteiger partial charge in [-0.3, -0.25) is 5.41 Å². The topological polar surface area (TPSA) is 68.3 Å². The first kappa shape index (κ1) is 9.33. The zero-order valence-electron chi connectivity index (χ0n) is 7.34. The average molecular weight is 257 g/mol. The Morgan fingerprint density at radius 2 is 2.07 bits per heavy atom. The van der Waals surface area contributed by atoms with Crippen molar-refractivity contribution in [2.24, 2.45) is 5.73 Å². The zero-order valence-corrected chi connectivity index (χ0v) is 8.93. The van der Waals surface area contributed by atoms with Crippen LogP contribution in [0.15, 0.2) is 16.6 Å². The van der Waals surface area contributed by atoms with Gasteiger partial charge in [0, 0.05) is 5.56 Å². The summed E-state index contributed by atoms with van der Waals surface area (Å²) in [6.07, 6.45) is 0. The van der Waals surface area contributed by atoms with E-state index in [-0.39, 0.29) is 5.84 Å². The van der Waals surface area contributed by atoms with Crippen molar-refractivity contribution in [3.05, 3.63) is 22.2 Å². The number of benzene rings is 1. The SMILES string of the molecule is N=C(N)c1cc(Br)c2c(c1)OCCO2. The molecule has 74 valence electrons. The summed E-state index contributed by atoms with van der Waals surface area (Å²) < 4.78 is 11.6. The van der Waals surface area contributed by atoms with Crippen LogP contribution in [0.25, 0.3) is 0 Å². The predicted octanol–water partition coefficient (Wildman–Crippen LogP) is 1.50. The molecule has 1 aromatic carbocycles. The molecular formula is C9H9BrN2O2. The van der Waals surface area contributed by atoms with Gasteiger partial charge in [-0.25, -0.2) is 0 Å². The van der Waals surface area contributed by atoms with Gasteiger partial charge in [0.25, 0.3) is 0 Å². The molecule has 0 bridgehead atoms. The van der Waals surface area contributed by atoms with Gasteiger partial charge in [-0.2, -0.15) is 0 Å². The number of hydrogen-bond acceptors (Lipinski definition) is 3. The molecule has 0 amide bonds. The molecule has 0 aromatic heterocycles. The zero-order chi connectivity index (χ0) is 10.1. The van der Waals surface area contributed by atoms with Crippen LogP contribution in [0.2, 0.25) is 0 Å². The van der Waals surface area contributed by atoms with Crippen LogP contribution in [0.3, 0.4) is 0 Å². The molecule has 0 radical (unpaired) electrons. The van der Waals surface area contributed by atoms with Gasteiger partial charge in [0.15, 0.2) is 11.5 Å². The Bertz CT molecular complexity index is 393. The number of ether oxygens (including phenoxy) is 2. The van der Waals surface area contributed by atoms with E-state index >= 15 is 0 Å². The van der Waals surface area contributed by atoms with E-state index in [4.69, 9.17) is 20.6 Å². The Balaban J connectivity index is 2.51. The van der Waals surface area contributed by atoms with E-state index in [2.05, 4.69) is 15.9 Å². The van der Waals surface area contributed by atoms with Gasteiger partial charge in [-0.15, -0.1) is 0 Å². The predicted molar refractivity (Wildman–Crippen MR) is 56.1 cm³/mol. The van der Waals surface area contributed by atoms with E-state index in [0.29, 0.717) is 30.3 Å². The summed E-state index contributed by atoms with van der Waals surface area (Å²) in [5.74, 6) is 1.33.